The molecule has 0 radical (unpaired) electrons. The second-order valence-electron chi connectivity index (χ2n) is 5.20. The van der Waals surface area contributed by atoms with Crippen LogP contribution in [-0.4, -0.2) is 35.9 Å². The second-order valence-corrected chi connectivity index (χ2v) is 6.85. The average Bonchev–Trinajstić information content (AvgIpc) is 2.54. The maximum absolute atomic E-state index is 12.4. The Morgan fingerprint density at radius 2 is 1.95 bits per heavy atom. The lowest BCUT2D eigenvalue weighted by molar-refractivity contribution is 0.130. The zero-order valence-corrected chi connectivity index (χ0v) is 12.1. The summed E-state index contributed by atoms with van der Waals surface area (Å²) in [4.78, 5) is 0.198. The van der Waals surface area contributed by atoms with Crippen LogP contribution >= 0.6 is 0 Å². The van der Waals surface area contributed by atoms with Gasteiger partial charge >= 0.3 is 0 Å². The Hall–Kier alpha value is -0.920. The number of aromatic amines is 1. The zero-order chi connectivity index (χ0) is 14.0. The van der Waals surface area contributed by atoms with Gasteiger partial charge in [-0.15, -0.1) is 0 Å². The van der Waals surface area contributed by atoms with Crippen LogP contribution in [0.3, 0.4) is 0 Å². The van der Waals surface area contributed by atoms with Gasteiger partial charge in [0.1, 0.15) is 4.90 Å². The van der Waals surface area contributed by atoms with Crippen molar-refractivity contribution < 1.29 is 13.5 Å². The molecule has 3 N–H and O–H groups in total. The molecule has 0 saturated heterocycles. The summed E-state index contributed by atoms with van der Waals surface area (Å²) in [7, 11) is -3.63. The summed E-state index contributed by atoms with van der Waals surface area (Å²) in [6, 6.07) is -0.402. The van der Waals surface area contributed by atoms with Gasteiger partial charge in [0.2, 0.25) is 10.0 Å². The van der Waals surface area contributed by atoms with Gasteiger partial charge in [0.25, 0.3) is 0 Å². The summed E-state index contributed by atoms with van der Waals surface area (Å²) in [6.45, 7) is 3.33. The monoisotopic (exact) mass is 287 g/mol. The summed E-state index contributed by atoms with van der Waals surface area (Å²) in [6.07, 6.45) is 3.65. The largest absolute Gasteiger partial charge is 0.391 e. The molecule has 0 bridgehead atoms. The molecule has 6 nitrogen and oxygen atoms in total. The van der Waals surface area contributed by atoms with E-state index in [0.29, 0.717) is 24.2 Å². The summed E-state index contributed by atoms with van der Waals surface area (Å²) in [5.74, 6) is 0. The van der Waals surface area contributed by atoms with Crippen LogP contribution in [0.4, 0.5) is 0 Å². The summed E-state index contributed by atoms with van der Waals surface area (Å²) < 4.78 is 27.4. The third kappa shape index (κ3) is 3.16. The third-order valence-electron chi connectivity index (χ3n) is 3.62. The number of rotatable bonds is 3. The van der Waals surface area contributed by atoms with Gasteiger partial charge in [0.15, 0.2) is 0 Å². The van der Waals surface area contributed by atoms with Crippen molar-refractivity contribution in [1.82, 2.24) is 14.9 Å². The van der Waals surface area contributed by atoms with E-state index in [4.69, 9.17) is 0 Å². The van der Waals surface area contributed by atoms with Gasteiger partial charge in [-0.05, 0) is 26.7 Å². The van der Waals surface area contributed by atoms with Crippen LogP contribution in [0.5, 0.6) is 0 Å². The first-order valence-electron chi connectivity index (χ1n) is 6.64. The third-order valence-corrected chi connectivity index (χ3v) is 5.37. The molecule has 1 aliphatic rings. The highest BCUT2D eigenvalue weighted by Gasteiger charge is 2.29. The summed E-state index contributed by atoms with van der Waals surface area (Å²) in [5.41, 5.74) is 0.973. The molecular formula is C12H21N3O3S. The second kappa shape index (κ2) is 5.60. The number of sulfonamides is 1. The maximum atomic E-state index is 12.4. The van der Waals surface area contributed by atoms with Gasteiger partial charge in [-0.3, -0.25) is 5.10 Å². The lowest BCUT2D eigenvalue weighted by Crippen LogP contribution is -2.42. The fraction of sp³-hybridized carbons (Fsp3) is 0.750. The lowest BCUT2D eigenvalue weighted by atomic mass is 10.1. The van der Waals surface area contributed by atoms with Crippen molar-refractivity contribution in [3.05, 3.63) is 11.4 Å². The Bertz CT molecular complexity index is 519. The minimum atomic E-state index is -3.63. The first-order chi connectivity index (χ1) is 8.92. The molecule has 19 heavy (non-hydrogen) atoms. The molecule has 7 heteroatoms. The van der Waals surface area contributed by atoms with E-state index in [9.17, 15) is 13.5 Å². The molecule has 0 aromatic carbocycles. The smallest absolute Gasteiger partial charge is 0.244 e. The standard InChI is InChI=1S/C12H21N3O3S/c1-8-12(9(2)14-13-8)19(17,18)15-10-6-4-3-5-7-11(10)16/h10-11,15-16H,3-7H2,1-2H3,(H,13,14). The first kappa shape index (κ1) is 14.5. The highest BCUT2D eigenvalue weighted by atomic mass is 32.2. The molecule has 2 rings (SSSR count). The van der Waals surface area contributed by atoms with Crippen LogP contribution in [0.25, 0.3) is 0 Å². The van der Waals surface area contributed by atoms with Crippen molar-refractivity contribution in [3.63, 3.8) is 0 Å². The topological polar surface area (TPSA) is 95.1 Å². The van der Waals surface area contributed by atoms with Crippen molar-refractivity contribution in [2.45, 2.75) is 63.0 Å². The number of nitrogens with zero attached hydrogens (tertiary/aromatic N) is 1. The van der Waals surface area contributed by atoms with E-state index >= 15 is 0 Å². The Balaban J connectivity index is 2.21. The minimum Gasteiger partial charge on any atom is -0.391 e. The highest BCUT2D eigenvalue weighted by molar-refractivity contribution is 7.89. The molecular weight excluding hydrogens is 266 g/mol. The molecule has 0 spiro atoms. The molecule has 108 valence electrons. The number of H-pyrrole nitrogens is 1. The molecule has 1 aromatic heterocycles. The van der Waals surface area contributed by atoms with E-state index < -0.39 is 22.2 Å². The number of aliphatic hydroxyl groups is 1. The van der Waals surface area contributed by atoms with Crippen LogP contribution in [0.15, 0.2) is 4.90 Å². The van der Waals surface area contributed by atoms with Gasteiger partial charge < -0.3 is 5.11 Å². The molecule has 0 aliphatic heterocycles. The summed E-state index contributed by atoms with van der Waals surface area (Å²) >= 11 is 0. The van der Waals surface area contributed by atoms with Crippen LogP contribution in [-0.2, 0) is 10.0 Å². The molecule has 2 atom stereocenters. The van der Waals surface area contributed by atoms with Crippen molar-refractivity contribution in [2.24, 2.45) is 0 Å². The normalized spacial score (nSPS) is 25.2. The number of nitrogens with one attached hydrogen (secondary N) is 2. The predicted molar refractivity (Wildman–Crippen MR) is 71.3 cm³/mol. The average molecular weight is 287 g/mol. The van der Waals surface area contributed by atoms with E-state index in [0.717, 1.165) is 19.3 Å². The van der Waals surface area contributed by atoms with E-state index in [1.165, 1.54) is 0 Å². The van der Waals surface area contributed by atoms with Crippen LogP contribution in [0.1, 0.15) is 43.5 Å². The summed E-state index contributed by atoms with van der Waals surface area (Å²) in [5, 5.41) is 16.6. The van der Waals surface area contributed by atoms with Crippen LogP contribution < -0.4 is 4.72 Å². The fourth-order valence-corrected chi connectivity index (χ4v) is 4.29. The minimum absolute atomic E-state index is 0.198. The Labute approximate surface area is 113 Å². The number of aromatic nitrogens is 2. The van der Waals surface area contributed by atoms with Gasteiger partial charge in [0.05, 0.1) is 17.5 Å². The van der Waals surface area contributed by atoms with Gasteiger partial charge in [-0.1, -0.05) is 19.3 Å². The molecule has 2 unspecified atom stereocenters. The molecule has 1 aliphatic carbocycles. The van der Waals surface area contributed by atoms with Crippen LogP contribution in [0, 0.1) is 13.8 Å². The van der Waals surface area contributed by atoms with E-state index in [-0.39, 0.29) is 4.90 Å². The first-order valence-corrected chi connectivity index (χ1v) is 8.12. The van der Waals surface area contributed by atoms with E-state index in [2.05, 4.69) is 14.9 Å². The van der Waals surface area contributed by atoms with E-state index in [1.807, 2.05) is 0 Å². The zero-order valence-electron chi connectivity index (χ0n) is 11.3. The van der Waals surface area contributed by atoms with Crippen molar-refractivity contribution in [2.75, 3.05) is 0 Å². The fourth-order valence-electron chi connectivity index (χ4n) is 2.62. The Morgan fingerprint density at radius 3 is 2.58 bits per heavy atom. The molecule has 1 heterocycles. The van der Waals surface area contributed by atoms with Crippen molar-refractivity contribution in [3.8, 4) is 0 Å². The van der Waals surface area contributed by atoms with Crippen molar-refractivity contribution >= 4 is 10.0 Å². The van der Waals surface area contributed by atoms with E-state index in [1.54, 1.807) is 13.8 Å². The Morgan fingerprint density at radius 1 is 1.26 bits per heavy atom. The van der Waals surface area contributed by atoms with Gasteiger partial charge in [-0.25, -0.2) is 13.1 Å². The quantitative estimate of drug-likeness (QED) is 0.723. The SMILES string of the molecule is Cc1n[nH]c(C)c1S(=O)(=O)NC1CCCCCC1O. The molecule has 1 fully saturated rings. The van der Waals surface area contributed by atoms with Gasteiger partial charge in [0, 0.05) is 6.04 Å². The Kier molecular flexibility index (Phi) is 4.27. The predicted octanol–water partition coefficient (Wildman–Crippen LogP) is 0.998. The van der Waals surface area contributed by atoms with Crippen molar-refractivity contribution in [1.29, 1.82) is 0 Å². The number of hydrogen-bond acceptors (Lipinski definition) is 4. The van der Waals surface area contributed by atoms with Crippen LogP contribution in [0.2, 0.25) is 0 Å². The number of hydrogen-bond donors (Lipinski definition) is 3. The number of aryl methyl sites for hydroxylation is 2. The number of aliphatic hydroxyl groups excluding tert-OH is 1. The molecule has 1 aromatic rings. The highest BCUT2D eigenvalue weighted by Crippen LogP contribution is 2.22. The van der Waals surface area contributed by atoms with Gasteiger partial charge in [-0.2, -0.15) is 5.10 Å². The molecule has 1 saturated carbocycles. The lowest BCUT2D eigenvalue weighted by Gasteiger charge is -2.21. The molecule has 0 amide bonds. The maximum Gasteiger partial charge on any atom is 0.244 e.